The quantitative estimate of drug-likeness (QED) is 0.877. The molecule has 1 aromatic carbocycles. The smallest absolute Gasteiger partial charge is 0.356 e. The van der Waals surface area contributed by atoms with Crippen LogP contribution in [-0.2, 0) is 5.41 Å². The number of halogens is 1. The number of carboxylic acid groups (broad SMARTS) is 1. The van der Waals surface area contributed by atoms with Gasteiger partial charge >= 0.3 is 5.97 Å². The van der Waals surface area contributed by atoms with Gasteiger partial charge in [0.25, 0.3) is 5.91 Å². The molecule has 6 nitrogen and oxygen atoms in total. The Hall–Kier alpha value is -2.83. The number of amides is 1. The molecular formula is C16H14FN3O3. The van der Waals surface area contributed by atoms with Crippen LogP contribution >= 0.6 is 0 Å². The molecular weight excluding hydrogens is 301 g/mol. The standard InChI is InChI=1S/C16H14FN3O3/c17-11-3-1-2-10(6-11)16(4-5-16)9-20-14(21)12-7-19-13(8-18-12)15(22)23/h1-3,6-8H,4-5,9H2,(H,20,21)(H,22,23). The number of carbonyl (C=O) groups excluding carboxylic acids is 1. The molecule has 0 aliphatic heterocycles. The maximum absolute atomic E-state index is 13.3. The number of hydrogen-bond donors (Lipinski definition) is 2. The summed E-state index contributed by atoms with van der Waals surface area (Å²) >= 11 is 0. The minimum Gasteiger partial charge on any atom is -0.476 e. The number of nitrogens with one attached hydrogen (secondary N) is 1. The molecule has 118 valence electrons. The van der Waals surface area contributed by atoms with E-state index < -0.39 is 11.9 Å². The van der Waals surface area contributed by atoms with Crippen LogP contribution in [0.1, 0.15) is 39.4 Å². The van der Waals surface area contributed by atoms with E-state index in [0.29, 0.717) is 6.54 Å². The van der Waals surface area contributed by atoms with Crippen LogP contribution in [0.5, 0.6) is 0 Å². The lowest BCUT2D eigenvalue weighted by Crippen LogP contribution is -2.33. The predicted molar refractivity (Wildman–Crippen MR) is 78.6 cm³/mol. The van der Waals surface area contributed by atoms with Gasteiger partial charge < -0.3 is 10.4 Å². The van der Waals surface area contributed by atoms with E-state index >= 15 is 0 Å². The van der Waals surface area contributed by atoms with Crippen molar-refractivity contribution in [2.45, 2.75) is 18.3 Å². The Morgan fingerprint density at radius 3 is 2.48 bits per heavy atom. The van der Waals surface area contributed by atoms with Crippen LogP contribution in [0, 0.1) is 5.82 Å². The number of benzene rings is 1. The van der Waals surface area contributed by atoms with Gasteiger partial charge in [0, 0.05) is 12.0 Å². The summed E-state index contributed by atoms with van der Waals surface area (Å²) in [5, 5.41) is 11.5. The number of nitrogens with zero attached hydrogens (tertiary/aromatic N) is 2. The summed E-state index contributed by atoms with van der Waals surface area (Å²) in [7, 11) is 0. The molecule has 1 saturated carbocycles. The molecule has 1 aliphatic rings. The molecule has 0 bridgehead atoms. The van der Waals surface area contributed by atoms with Crippen molar-refractivity contribution in [2.75, 3.05) is 6.54 Å². The average Bonchev–Trinajstić information content (AvgIpc) is 3.34. The third-order valence-electron chi connectivity index (χ3n) is 3.98. The summed E-state index contributed by atoms with van der Waals surface area (Å²) in [6, 6.07) is 6.38. The molecule has 7 heteroatoms. The fourth-order valence-electron chi connectivity index (χ4n) is 2.43. The molecule has 1 heterocycles. The van der Waals surface area contributed by atoms with Crippen molar-refractivity contribution in [2.24, 2.45) is 0 Å². The van der Waals surface area contributed by atoms with E-state index in [-0.39, 0.29) is 22.6 Å². The van der Waals surface area contributed by atoms with Gasteiger partial charge in [-0.05, 0) is 30.5 Å². The van der Waals surface area contributed by atoms with E-state index in [1.54, 1.807) is 6.07 Å². The van der Waals surface area contributed by atoms with Crippen LogP contribution in [-0.4, -0.2) is 33.5 Å². The Morgan fingerprint density at radius 2 is 1.91 bits per heavy atom. The van der Waals surface area contributed by atoms with E-state index in [2.05, 4.69) is 15.3 Å². The third kappa shape index (κ3) is 3.18. The molecule has 1 fully saturated rings. The van der Waals surface area contributed by atoms with E-state index in [0.717, 1.165) is 30.8 Å². The van der Waals surface area contributed by atoms with Gasteiger partial charge in [0.15, 0.2) is 5.69 Å². The first-order valence-corrected chi connectivity index (χ1v) is 7.10. The van der Waals surface area contributed by atoms with Crippen molar-refractivity contribution in [1.29, 1.82) is 0 Å². The lowest BCUT2D eigenvalue weighted by molar-refractivity contribution is 0.0689. The first-order valence-electron chi connectivity index (χ1n) is 7.10. The van der Waals surface area contributed by atoms with Crippen LogP contribution in [0.3, 0.4) is 0 Å². The zero-order valence-corrected chi connectivity index (χ0v) is 12.1. The predicted octanol–water partition coefficient (Wildman–Crippen LogP) is 1.78. The van der Waals surface area contributed by atoms with E-state index in [9.17, 15) is 14.0 Å². The highest BCUT2D eigenvalue weighted by atomic mass is 19.1. The molecule has 3 rings (SSSR count). The minimum absolute atomic E-state index is 0.0463. The number of hydrogen-bond acceptors (Lipinski definition) is 4. The second kappa shape index (κ2) is 5.75. The Morgan fingerprint density at radius 1 is 1.22 bits per heavy atom. The van der Waals surface area contributed by atoms with Crippen LogP contribution in [0.25, 0.3) is 0 Å². The molecule has 0 saturated heterocycles. The maximum atomic E-state index is 13.3. The number of carboxylic acids is 1. The fourth-order valence-corrected chi connectivity index (χ4v) is 2.43. The zero-order chi connectivity index (χ0) is 16.4. The van der Waals surface area contributed by atoms with Crippen LogP contribution in [0.15, 0.2) is 36.7 Å². The summed E-state index contributed by atoms with van der Waals surface area (Å²) in [5.41, 5.74) is 0.460. The Labute approximate surface area is 131 Å². The topological polar surface area (TPSA) is 92.2 Å². The molecule has 1 aromatic heterocycles. The number of carbonyl (C=O) groups is 2. The highest BCUT2D eigenvalue weighted by molar-refractivity contribution is 5.92. The second-order valence-electron chi connectivity index (χ2n) is 5.57. The molecule has 0 atom stereocenters. The first kappa shape index (κ1) is 15.1. The van der Waals surface area contributed by atoms with E-state index in [1.165, 1.54) is 12.1 Å². The monoisotopic (exact) mass is 315 g/mol. The summed E-state index contributed by atoms with van der Waals surface area (Å²) in [5.74, 6) is -1.93. The Kier molecular flexibility index (Phi) is 3.77. The SMILES string of the molecule is O=C(O)c1cnc(C(=O)NCC2(c3cccc(F)c3)CC2)cn1. The summed E-state index contributed by atoms with van der Waals surface area (Å²) in [6.45, 7) is 0.373. The fraction of sp³-hybridized carbons (Fsp3) is 0.250. The van der Waals surface area contributed by atoms with Gasteiger partial charge in [-0.3, -0.25) is 4.79 Å². The largest absolute Gasteiger partial charge is 0.476 e. The van der Waals surface area contributed by atoms with Crippen molar-refractivity contribution in [3.63, 3.8) is 0 Å². The lowest BCUT2D eigenvalue weighted by atomic mass is 9.96. The molecule has 0 spiro atoms. The molecule has 2 aromatic rings. The van der Waals surface area contributed by atoms with Gasteiger partial charge in [0.2, 0.25) is 0 Å². The molecule has 1 aliphatic carbocycles. The summed E-state index contributed by atoms with van der Waals surface area (Å²) in [4.78, 5) is 30.2. The van der Waals surface area contributed by atoms with Crippen molar-refractivity contribution >= 4 is 11.9 Å². The number of aromatic carboxylic acids is 1. The Bertz CT molecular complexity index is 757. The minimum atomic E-state index is -1.20. The summed E-state index contributed by atoms with van der Waals surface area (Å²) < 4.78 is 13.3. The van der Waals surface area contributed by atoms with Crippen molar-refractivity contribution in [3.05, 3.63) is 59.4 Å². The molecule has 2 N–H and O–H groups in total. The van der Waals surface area contributed by atoms with Crippen LogP contribution in [0.4, 0.5) is 4.39 Å². The molecule has 23 heavy (non-hydrogen) atoms. The van der Waals surface area contributed by atoms with Crippen LogP contribution in [0.2, 0.25) is 0 Å². The molecule has 0 unspecified atom stereocenters. The number of rotatable bonds is 5. The number of aromatic nitrogens is 2. The normalized spacial score (nSPS) is 15.0. The summed E-state index contributed by atoms with van der Waals surface area (Å²) in [6.07, 6.45) is 3.91. The zero-order valence-electron chi connectivity index (χ0n) is 12.1. The average molecular weight is 315 g/mol. The van der Waals surface area contributed by atoms with Crippen molar-refractivity contribution < 1.29 is 19.1 Å². The highest BCUT2D eigenvalue weighted by Gasteiger charge is 2.44. The van der Waals surface area contributed by atoms with Gasteiger partial charge in [-0.25, -0.2) is 19.2 Å². The maximum Gasteiger partial charge on any atom is 0.356 e. The van der Waals surface area contributed by atoms with Crippen LogP contribution < -0.4 is 5.32 Å². The van der Waals surface area contributed by atoms with E-state index in [4.69, 9.17) is 5.11 Å². The Balaban J connectivity index is 1.66. The van der Waals surface area contributed by atoms with Gasteiger partial charge in [0.05, 0.1) is 12.4 Å². The van der Waals surface area contributed by atoms with Gasteiger partial charge in [0.1, 0.15) is 11.5 Å². The molecule has 0 radical (unpaired) electrons. The molecule has 1 amide bonds. The first-order chi connectivity index (χ1) is 11.0. The van der Waals surface area contributed by atoms with Gasteiger partial charge in [-0.15, -0.1) is 0 Å². The van der Waals surface area contributed by atoms with Crippen molar-refractivity contribution in [1.82, 2.24) is 15.3 Å². The van der Waals surface area contributed by atoms with E-state index in [1.807, 2.05) is 6.07 Å². The third-order valence-corrected chi connectivity index (χ3v) is 3.98. The van der Waals surface area contributed by atoms with Crippen molar-refractivity contribution in [3.8, 4) is 0 Å². The van der Waals surface area contributed by atoms with Gasteiger partial charge in [-0.1, -0.05) is 12.1 Å². The lowest BCUT2D eigenvalue weighted by Gasteiger charge is -2.16. The van der Waals surface area contributed by atoms with Gasteiger partial charge in [-0.2, -0.15) is 0 Å². The highest BCUT2D eigenvalue weighted by Crippen LogP contribution is 2.47. The second-order valence-corrected chi connectivity index (χ2v) is 5.57.